The van der Waals surface area contributed by atoms with E-state index in [-0.39, 0.29) is 5.75 Å². The average molecular weight is 262 g/mol. The quantitative estimate of drug-likeness (QED) is 0.747. The molecule has 1 aliphatic rings. The molecule has 1 rings (SSSR count). The second-order valence-corrected chi connectivity index (χ2v) is 8.77. The van der Waals surface area contributed by atoms with Gasteiger partial charge in [-0.25, -0.2) is 8.42 Å². The Morgan fingerprint density at radius 1 is 1.35 bits per heavy atom. The molecule has 17 heavy (non-hydrogen) atoms. The number of hydrogen-bond acceptors (Lipinski definition) is 4. The molecular weight excluding hydrogens is 236 g/mol. The predicted molar refractivity (Wildman–Crippen MR) is 72.1 cm³/mol. The van der Waals surface area contributed by atoms with E-state index in [1.807, 2.05) is 0 Å². The van der Waals surface area contributed by atoms with Crippen LogP contribution in [0.3, 0.4) is 0 Å². The fraction of sp³-hybridized carbons (Fsp3) is 1.00. The van der Waals surface area contributed by atoms with E-state index in [1.54, 1.807) is 20.8 Å². The standard InChI is InChI=1S/C12H26N2O2S/c1-12(2,3)17(15,16)9-7-13-10-11-6-5-8-14(11)4/h11,13H,5-10H2,1-4H3. The fourth-order valence-electron chi connectivity index (χ4n) is 2.02. The van der Waals surface area contributed by atoms with Crippen molar-refractivity contribution in [2.45, 2.75) is 44.4 Å². The molecule has 0 aromatic carbocycles. The maximum Gasteiger partial charge on any atom is 0.156 e. The van der Waals surface area contributed by atoms with E-state index in [1.165, 1.54) is 12.8 Å². The third kappa shape index (κ3) is 4.23. The first-order chi connectivity index (χ1) is 7.74. The van der Waals surface area contributed by atoms with Crippen molar-refractivity contribution >= 4 is 9.84 Å². The minimum atomic E-state index is -2.98. The number of likely N-dealkylation sites (N-methyl/N-ethyl adjacent to an activating group) is 1. The van der Waals surface area contributed by atoms with Gasteiger partial charge in [-0.2, -0.15) is 0 Å². The molecule has 1 unspecified atom stereocenters. The van der Waals surface area contributed by atoms with Crippen LogP contribution in [0, 0.1) is 0 Å². The first kappa shape index (κ1) is 14.9. The van der Waals surface area contributed by atoms with Crippen molar-refractivity contribution in [3.05, 3.63) is 0 Å². The molecule has 0 aromatic rings. The van der Waals surface area contributed by atoms with Crippen molar-refractivity contribution in [3.8, 4) is 0 Å². The molecule has 4 nitrogen and oxygen atoms in total. The van der Waals surface area contributed by atoms with Gasteiger partial charge in [0.1, 0.15) is 0 Å². The highest BCUT2D eigenvalue weighted by molar-refractivity contribution is 7.92. The molecule has 1 aliphatic heterocycles. The van der Waals surface area contributed by atoms with Gasteiger partial charge in [0.15, 0.2) is 9.84 Å². The summed E-state index contributed by atoms with van der Waals surface area (Å²) in [7, 11) is -0.853. The van der Waals surface area contributed by atoms with Crippen LogP contribution in [0.1, 0.15) is 33.6 Å². The number of likely N-dealkylation sites (tertiary alicyclic amines) is 1. The van der Waals surface area contributed by atoms with Crippen molar-refractivity contribution in [2.75, 3.05) is 32.4 Å². The van der Waals surface area contributed by atoms with Gasteiger partial charge in [-0.3, -0.25) is 0 Å². The molecule has 102 valence electrons. The van der Waals surface area contributed by atoms with Gasteiger partial charge in [0.2, 0.25) is 0 Å². The summed E-state index contributed by atoms with van der Waals surface area (Å²) >= 11 is 0. The van der Waals surface area contributed by atoms with E-state index in [0.717, 1.165) is 13.1 Å². The van der Waals surface area contributed by atoms with Crippen LogP contribution in [-0.2, 0) is 9.84 Å². The third-order valence-electron chi connectivity index (χ3n) is 3.53. The van der Waals surface area contributed by atoms with Gasteiger partial charge in [-0.1, -0.05) is 0 Å². The second kappa shape index (κ2) is 5.67. The number of rotatable bonds is 5. The average Bonchev–Trinajstić information content (AvgIpc) is 2.57. The Kier molecular flexibility index (Phi) is 4.98. The minimum absolute atomic E-state index is 0.229. The Hall–Kier alpha value is -0.130. The van der Waals surface area contributed by atoms with E-state index >= 15 is 0 Å². The Bertz CT molecular complexity index is 333. The molecule has 1 fully saturated rings. The normalized spacial score (nSPS) is 23.2. The van der Waals surface area contributed by atoms with Crippen molar-refractivity contribution < 1.29 is 8.42 Å². The largest absolute Gasteiger partial charge is 0.314 e. The van der Waals surface area contributed by atoms with E-state index in [2.05, 4.69) is 17.3 Å². The Morgan fingerprint density at radius 3 is 2.47 bits per heavy atom. The van der Waals surface area contributed by atoms with Gasteiger partial charge in [0.25, 0.3) is 0 Å². The molecular formula is C12H26N2O2S. The molecule has 1 saturated heterocycles. The van der Waals surface area contributed by atoms with Crippen molar-refractivity contribution in [2.24, 2.45) is 0 Å². The summed E-state index contributed by atoms with van der Waals surface area (Å²) in [6.45, 7) is 7.89. The smallest absolute Gasteiger partial charge is 0.156 e. The van der Waals surface area contributed by atoms with Crippen LogP contribution in [0.2, 0.25) is 0 Å². The van der Waals surface area contributed by atoms with Crippen LogP contribution in [0.4, 0.5) is 0 Å². The molecule has 0 radical (unpaired) electrons. The van der Waals surface area contributed by atoms with Gasteiger partial charge < -0.3 is 10.2 Å². The number of sulfone groups is 1. The maximum absolute atomic E-state index is 11.9. The van der Waals surface area contributed by atoms with Crippen molar-refractivity contribution in [3.63, 3.8) is 0 Å². The first-order valence-corrected chi connectivity index (χ1v) is 8.02. The van der Waals surface area contributed by atoms with Gasteiger partial charge in [-0.05, 0) is 47.2 Å². The highest BCUT2D eigenvalue weighted by Crippen LogP contribution is 2.16. The maximum atomic E-state index is 11.9. The predicted octanol–water partition coefficient (Wildman–Crippen LogP) is 0.884. The summed E-state index contributed by atoms with van der Waals surface area (Å²) in [5.41, 5.74) is 0. The lowest BCUT2D eigenvalue weighted by Gasteiger charge is -2.21. The fourth-order valence-corrected chi connectivity index (χ4v) is 3.04. The van der Waals surface area contributed by atoms with Crippen LogP contribution in [0.5, 0.6) is 0 Å². The van der Waals surface area contributed by atoms with E-state index in [0.29, 0.717) is 12.6 Å². The lowest BCUT2D eigenvalue weighted by molar-refractivity contribution is 0.302. The molecule has 1 heterocycles. The van der Waals surface area contributed by atoms with Gasteiger partial charge in [0, 0.05) is 19.1 Å². The highest BCUT2D eigenvalue weighted by Gasteiger charge is 2.28. The Morgan fingerprint density at radius 2 is 2.00 bits per heavy atom. The van der Waals surface area contributed by atoms with Crippen LogP contribution >= 0.6 is 0 Å². The minimum Gasteiger partial charge on any atom is -0.314 e. The summed E-state index contributed by atoms with van der Waals surface area (Å²) in [5.74, 6) is 0.229. The van der Waals surface area contributed by atoms with Crippen LogP contribution < -0.4 is 5.32 Å². The molecule has 0 aromatic heterocycles. The molecule has 0 aliphatic carbocycles. The molecule has 0 bridgehead atoms. The van der Waals surface area contributed by atoms with E-state index in [9.17, 15) is 8.42 Å². The molecule has 1 atom stereocenters. The summed E-state index contributed by atoms with van der Waals surface area (Å²) in [6, 6.07) is 0.576. The molecule has 0 amide bonds. The Labute approximate surface area is 106 Å². The molecule has 1 N–H and O–H groups in total. The zero-order chi connectivity index (χ0) is 13.1. The SMILES string of the molecule is CN1CCCC1CNCCS(=O)(=O)C(C)(C)C. The monoisotopic (exact) mass is 262 g/mol. The van der Waals surface area contributed by atoms with Crippen LogP contribution in [0.15, 0.2) is 0 Å². The van der Waals surface area contributed by atoms with Crippen molar-refractivity contribution in [1.82, 2.24) is 10.2 Å². The highest BCUT2D eigenvalue weighted by atomic mass is 32.2. The molecule has 0 saturated carbocycles. The van der Waals surface area contributed by atoms with Gasteiger partial charge in [-0.15, -0.1) is 0 Å². The molecule has 5 heteroatoms. The first-order valence-electron chi connectivity index (χ1n) is 6.37. The lowest BCUT2D eigenvalue weighted by atomic mass is 10.2. The second-order valence-electron chi connectivity index (χ2n) is 5.91. The van der Waals surface area contributed by atoms with E-state index < -0.39 is 14.6 Å². The summed E-state index contributed by atoms with van der Waals surface area (Å²) < 4.78 is 23.1. The molecule has 0 spiro atoms. The summed E-state index contributed by atoms with van der Waals surface area (Å²) in [4.78, 5) is 2.34. The topological polar surface area (TPSA) is 49.4 Å². The van der Waals surface area contributed by atoms with Crippen molar-refractivity contribution in [1.29, 1.82) is 0 Å². The summed E-state index contributed by atoms with van der Waals surface area (Å²) in [6.07, 6.45) is 2.47. The third-order valence-corrected chi connectivity index (χ3v) is 6.14. The lowest BCUT2D eigenvalue weighted by Crippen LogP contribution is -2.39. The zero-order valence-corrected chi connectivity index (χ0v) is 12.3. The number of hydrogen-bond donors (Lipinski definition) is 1. The Balaban J connectivity index is 2.25. The van der Waals surface area contributed by atoms with E-state index in [4.69, 9.17) is 0 Å². The summed E-state index contributed by atoms with van der Waals surface area (Å²) in [5, 5.41) is 3.27. The van der Waals surface area contributed by atoms with Crippen LogP contribution in [0.25, 0.3) is 0 Å². The van der Waals surface area contributed by atoms with Gasteiger partial charge >= 0.3 is 0 Å². The number of nitrogens with zero attached hydrogens (tertiary/aromatic N) is 1. The number of nitrogens with one attached hydrogen (secondary N) is 1. The van der Waals surface area contributed by atoms with Crippen LogP contribution in [-0.4, -0.2) is 56.5 Å². The van der Waals surface area contributed by atoms with Gasteiger partial charge in [0.05, 0.1) is 10.5 Å². The zero-order valence-electron chi connectivity index (χ0n) is 11.5.